The maximum absolute atomic E-state index is 13.9. The van der Waals surface area contributed by atoms with Gasteiger partial charge in [-0.1, -0.05) is 17.2 Å². The molecule has 5 nitrogen and oxygen atoms in total. The van der Waals surface area contributed by atoms with Crippen LogP contribution in [-0.4, -0.2) is 29.9 Å². The fraction of sp³-hybridized carbons (Fsp3) is 0.400. The Labute approximate surface area is 185 Å². The number of carbonyl (C=O) groups excluding carboxylic acids is 3. The van der Waals surface area contributed by atoms with Gasteiger partial charge in [-0.2, -0.15) is 0 Å². The van der Waals surface area contributed by atoms with Gasteiger partial charge in [-0.05, 0) is 70.0 Å². The van der Waals surface area contributed by atoms with Crippen molar-refractivity contribution >= 4 is 17.7 Å². The van der Waals surface area contributed by atoms with Crippen LogP contribution in [0.4, 0.5) is 8.78 Å². The Bertz CT molecular complexity index is 1020. The van der Waals surface area contributed by atoms with E-state index in [-0.39, 0.29) is 18.6 Å². The van der Waals surface area contributed by atoms with Crippen LogP contribution < -0.4 is 0 Å². The molecule has 7 heteroatoms. The van der Waals surface area contributed by atoms with Gasteiger partial charge in [0.15, 0.2) is 5.78 Å². The minimum absolute atomic E-state index is 0.0131. The Morgan fingerprint density at radius 3 is 2.72 bits per heavy atom. The number of carbonyl (C=O) groups is 3. The fourth-order valence-corrected chi connectivity index (χ4v) is 4.02. The second-order valence-corrected chi connectivity index (χ2v) is 8.57. The number of hydrogen-bond acceptors (Lipinski definition) is 5. The van der Waals surface area contributed by atoms with Crippen LogP contribution in [-0.2, 0) is 19.1 Å². The van der Waals surface area contributed by atoms with E-state index in [1.807, 2.05) is 20.8 Å². The van der Waals surface area contributed by atoms with Gasteiger partial charge in [0.2, 0.25) is 0 Å². The standard InChI is InChI=1S/C25H26F2O5/c1-15(2)5-4-6-16(3)11-22-25(14-23(29)32-22)13-18(8-10-21(25)28)31-24(30)19-12-17(26)7-9-20(19)27/h5,7-12,18,22H,4,6,13-14H2,1-3H3/b16-11+/t18-,22-,25+/m1/s1. The Hall–Kier alpha value is -3.09. The van der Waals surface area contributed by atoms with Crippen molar-refractivity contribution in [3.8, 4) is 0 Å². The number of hydrogen-bond donors (Lipinski definition) is 0. The summed E-state index contributed by atoms with van der Waals surface area (Å²) in [5.41, 5.74) is 0.442. The maximum atomic E-state index is 13.9. The summed E-state index contributed by atoms with van der Waals surface area (Å²) in [6.07, 6.45) is 6.32. The lowest BCUT2D eigenvalue weighted by atomic mass is 9.69. The predicted molar refractivity (Wildman–Crippen MR) is 114 cm³/mol. The van der Waals surface area contributed by atoms with Crippen LogP contribution in [0, 0.1) is 17.0 Å². The lowest BCUT2D eigenvalue weighted by molar-refractivity contribution is -0.140. The third kappa shape index (κ3) is 5.21. The lowest BCUT2D eigenvalue weighted by Crippen LogP contribution is -2.43. The molecule has 1 saturated heterocycles. The van der Waals surface area contributed by atoms with E-state index in [4.69, 9.17) is 9.47 Å². The minimum Gasteiger partial charge on any atom is -0.457 e. The van der Waals surface area contributed by atoms with Crippen LogP contribution in [0.1, 0.15) is 56.8 Å². The van der Waals surface area contributed by atoms with Gasteiger partial charge in [0.1, 0.15) is 23.8 Å². The smallest absolute Gasteiger partial charge is 0.341 e. The van der Waals surface area contributed by atoms with Crippen molar-refractivity contribution in [2.75, 3.05) is 0 Å². The first-order valence-corrected chi connectivity index (χ1v) is 10.5. The first-order valence-electron chi connectivity index (χ1n) is 10.5. The molecule has 1 heterocycles. The van der Waals surface area contributed by atoms with Crippen LogP contribution in [0.5, 0.6) is 0 Å². The minimum atomic E-state index is -1.20. The van der Waals surface area contributed by atoms with Gasteiger partial charge in [-0.15, -0.1) is 0 Å². The lowest BCUT2D eigenvalue weighted by Gasteiger charge is -2.34. The highest BCUT2D eigenvalue weighted by atomic mass is 19.1. The molecule has 2 aliphatic rings. The monoisotopic (exact) mass is 444 g/mol. The van der Waals surface area contributed by atoms with Crippen molar-refractivity contribution in [2.24, 2.45) is 5.41 Å². The number of cyclic esters (lactones) is 1. The molecular weight excluding hydrogens is 418 g/mol. The highest BCUT2D eigenvalue weighted by Gasteiger charge is 2.55. The Balaban J connectivity index is 1.79. The summed E-state index contributed by atoms with van der Waals surface area (Å²) in [7, 11) is 0. The summed E-state index contributed by atoms with van der Waals surface area (Å²) in [5, 5.41) is 0. The van der Waals surface area contributed by atoms with Crippen LogP contribution in [0.2, 0.25) is 0 Å². The molecule has 0 unspecified atom stereocenters. The van der Waals surface area contributed by atoms with Gasteiger partial charge in [0.25, 0.3) is 0 Å². The van der Waals surface area contributed by atoms with E-state index < -0.39 is 46.8 Å². The van der Waals surface area contributed by atoms with E-state index in [0.717, 1.165) is 36.6 Å². The SMILES string of the molecule is CC(C)=CCC/C(C)=C/[C@H]1OC(=O)C[C@]12C[C@H](OC(=O)c1cc(F)ccc1F)C=CC2=O. The summed E-state index contributed by atoms with van der Waals surface area (Å²) in [6.45, 7) is 5.93. The van der Waals surface area contributed by atoms with E-state index in [1.165, 1.54) is 17.7 Å². The van der Waals surface area contributed by atoms with Crippen molar-refractivity contribution < 1.29 is 32.6 Å². The zero-order valence-electron chi connectivity index (χ0n) is 18.3. The summed E-state index contributed by atoms with van der Waals surface area (Å²) in [6, 6.07) is 2.50. The van der Waals surface area contributed by atoms with Crippen molar-refractivity contribution in [3.05, 3.63) is 70.8 Å². The molecule has 1 aliphatic heterocycles. The van der Waals surface area contributed by atoms with E-state index in [9.17, 15) is 23.2 Å². The molecule has 1 spiro atoms. The molecule has 3 atom stereocenters. The average molecular weight is 444 g/mol. The predicted octanol–water partition coefficient (Wildman–Crippen LogP) is 5.01. The number of ketones is 1. The fourth-order valence-electron chi connectivity index (χ4n) is 4.02. The van der Waals surface area contributed by atoms with Crippen LogP contribution in [0.15, 0.2) is 53.6 Å². The number of allylic oxidation sites excluding steroid dienone is 4. The molecular formula is C25H26F2O5. The first kappa shape index (κ1) is 23.6. The van der Waals surface area contributed by atoms with Gasteiger partial charge in [0, 0.05) is 6.42 Å². The Kier molecular flexibility index (Phi) is 7.06. The number of rotatable bonds is 6. The van der Waals surface area contributed by atoms with Crippen molar-refractivity contribution in [1.29, 1.82) is 0 Å². The summed E-state index contributed by atoms with van der Waals surface area (Å²) in [4.78, 5) is 37.4. The molecule has 0 amide bonds. The van der Waals surface area contributed by atoms with Crippen molar-refractivity contribution in [2.45, 2.75) is 58.7 Å². The van der Waals surface area contributed by atoms with E-state index in [1.54, 1.807) is 6.08 Å². The molecule has 1 aromatic rings. The molecule has 3 rings (SSSR count). The number of esters is 2. The highest BCUT2D eigenvalue weighted by Crippen LogP contribution is 2.45. The summed E-state index contributed by atoms with van der Waals surface area (Å²) >= 11 is 0. The molecule has 32 heavy (non-hydrogen) atoms. The average Bonchev–Trinajstić information content (AvgIpc) is 3.01. The molecule has 0 bridgehead atoms. The van der Waals surface area contributed by atoms with Gasteiger partial charge in [0.05, 0.1) is 17.4 Å². The topological polar surface area (TPSA) is 69.7 Å². The van der Waals surface area contributed by atoms with Crippen molar-refractivity contribution in [1.82, 2.24) is 0 Å². The quantitative estimate of drug-likeness (QED) is 0.456. The molecule has 0 saturated carbocycles. The van der Waals surface area contributed by atoms with Crippen molar-refractivity contribution in [3.63, 3.8) is 0 Å². The Morgan fingerprint density at radius 2 is 2.00 bits per heavy atom. The molecule has 0 N–H and O–H groups in total. The van der Waals surface area contributed by atoms with Crippen LogP contribution >= 0.6 is 0 Å². The molecule has 1 fully saturated rings. The van der Waals surface area contributed by atoms with Gasteiger partial charge in [-0.3, -0.25) is 9.59 Å². The number of benzene rings is 1. The van der Waals surface area contributed by atoms with Gasteiger partial charge >= 0.3 is 11.9 Å². The van der Waals surface area contributed by atoms with E-state index >= 15 is 0 Å². The number of ether oxygens (including phenoxy) is 2. The van der Waals surface area contributed by atoms with Gasteiger partial charge in [-0.25, -0.2) is 13.6 Å². The number of halogens is 2. The maximum Gasteiger partial charge on any atom is 0.341 e. The van der Waals surface area contributed by atoms with E-state index in [0.29, 0.717) is 0 Å². The highest BCUT2D eigenvalue weighted by molar-refractivity contribution is 6.00. The molecule has 1 aromatic carbocycles. The molecule has 1 aliphatic carbocycles. The third-order valence-electron chi connectivity index (χ3n) is 5.72. The molecule has 0 aromatic heterocycles. The second-order valence-electron chi connectivity index (χ2n) is 8.57. The Morgan fingerprint density at radius 1 is 1.25 bits per heavy atom. The third-order valence-corrected chi connectivity index (χ3v) is 5.72. The summed E-state index contributed by atoms with van der Waals surface area (Å²) < 4.78 is 38.2. The summed E-state index contributed by atoms with van der Waals surface area (Å²) in [5.74, 6) is -3.52. The first-order chi connectivity index (χ1) is 15.1. The van der Waals surface area contributed by atoms with Crippen LogP contribution in [0.25, 0.3) is 0 Å². The van der Waals surface area contributed by atoms with Gasteiger partial charge < -0.3 is 9.47 Å². The molecule has 170 valence electrons. The van der Waals surface area contributed by atoms with Crippen LogP contribution in [0.3, 0.4) is 0 Å². The largest absolute Gasteiger partial charge is 0.457 e. The zero-order chi connectivity index (χ0) is 23.5. The normalized spacial score (nSPS) is 25.1. The zero-order valence-corrected chi connectivity index (χ0v) is 18.3. The second kappa shape index (κ2) is 9.59. The van der Waals surface area contributed by atoms with E-state index in [2.05, 4.69) is 6.08 Å². The molecule has 0 radical (unpaired) electrons.